The van der Waals surface area contributed by atoms with Gasteiger partial charge in [-0.15, -0.1) is 11.8 Å². The first kappa shape index (κ1) is 18.9. The molecule has 7 unspecified atom stereocenters. The van der Waals surface area contributed by atoms with Crippen molar-refractivity contribution < 1.29 is 18.4 Å². The van der Waals surface area contributed by atoms with Gasteiger partial charge in [0.05, 0.1) is 16.8 Å². The van der Waals surface area contributed by atoms with E-state index in [4.69, 9.17) is 4.84 Å². The normalized spacial score (nSPS) is 45.8. The number of hydrogen-bond donors (Lipinski definition) is 4. The maximum Gasteiger partial charge on any atom is 0.279 e. The number of thioether (sulfide) groups is 1. The largest absolute Gasteiger partial charge is 0.352 e. The molecule has 0 bridgehead atoms. The standard InChI is InChI=1S/C17H28F2N4O2S/c1-8-20-7-13(26-8)16(24)21-12-5-3-9-6-10(2-4-11(9)12)15-22-17(14(18)19)25-23-15/h8-15,17,20,22-23H,2-7H2,1H3,(H,21,24)/t8?,9?,10?,11?,12-,13?,15?,17?/m1/s1. The molecule has 0 radical (unpaired) electrons. The van der Waals surface area contributed by atoms with E-state index in [2.05, 4.69) is 28.4 Å². The Morgan fingerprint density at radius 2 is 2.04 bits per heavy atom. The Hall–Kier alpha value is -0.480. The second kappa shape index (κ2) is 7.87. The molecule has 2 aliphatic heterocycles. The van der Waals surface area contributed by atoms with Crippen LogP contribution in [0.3, 0.4) is 0 Å². The third-order valence-electron chi connectivity index (χ3n) is 6.39. The molecule has 2 saturated carbocycles. The number of carbonyl (C=O) groups is 1. The minimum absolute atomic E-state index is 0.00991. The van der Waals surface area contributed by atoms with Crippen molar-refractivity contribution in [1.29, 1.82) is 0 Å². The summed E-state index contributed by atoms with van der Waals surface area (Å²) in [7, 11) is 0. The Labute approximate surface area is 156 Å². The Balaban J connectivity index is 1.28. The number of nitrogens with one attached hydrogen (secondary N) is 4. The first-order chi connectivity index (χ1) is 12.5. The van der Waals surface area contributed by atoms with Gasteiger partial charge in [0.15, 0.2) is 6.23 Å². The van der Waals surface area contributed by atoms with Gasteiger partial charge in [0.1, 0.15) is 0 Å². The lowest BCUT2D eigenvalue weighted by molar-refractivity contribution is -0.121. The summed E-state index contributed by atoms with van der Waals surface area (Å²) in [5.41, 5.74) is 2.75. The summed E-state index contributed by atoms with van der Waals surface area (Å²) >= 11 is 1.69. The molecule has 9 heteroatoms. The van der Waals surface area contributed by atoms with Gasteiger partial charge in [-0.3, -0.25) is 14.9 Å². The Bertz CT molecular complexity index is 529. The van der Waals surface area contributed by atoms with Crippen molar-refractivity contribution in [1.82, 2.24) is 21.4 Å². The van der Waals surface area contributed by atoms with E-state index < -0.39 is 12.7 Å². The summed E-state index contributed by atoms with van der Waals surface area (Å²) in [6.07, 6.45) is 1.18. The Morgan fingerprint density at radius 3 is 2.73 bits per heavy atom. The van der Waals surface area contributed by atoms with Crippen LogP contribution in [0.25, 0.3) is 0 Å². The molecule has 0 aromatic heterocycles. The number of fused-ring (bicyclic) bond motifs is 1. The summed E-state index contributed by atoms with van der Waals surface area (Å²) < 4.78 is 25.5. The number of halogens is 2. The van der Waals surface area contributed by atoms with Crippen molar-refractivity contribution in [3.8, 4) is 0 Å². The van der Waals surface area contributed by atoms with Crippen molar-refractivity contribution in [2.75, 3.05) is 6.54 Å². The quantitative estimate of drug-likeness (QED) is 0.581. The van der Waals surface area contributed by atoms with Crippen LogP contribution in [0.2, 0.25) is 0 Å². The van der Waals surface area contributed by atoms with E-state index in [0.29, 0.717) is 23.1 Å². The predicted octanol–water partition coefficient (Wildman–Crippen LogP) is 1.39. The van der Waals surface area contributed by atoms with Gasteiger partial charge in [-0.2, -0.15) is 5.48 Å². The number of amides is 1. The monoisotopic (exact) mass is 390 g/mol. The van der Waals surface area contributed by atoms with Gasteiger partial charge < -0.3 is 10.6 Å². The van der Waals surface area contributed by atoms with E-state index in [1.807, 2.05) is 0 Å². The Morgan fingerprint density at radius 1 is 1.23 bits per heavy atom. The second-order valence-corrected chi connectivity index (χ2v) is 9.55. The van der Waals surface area contributed by atoms with E-state index in [0.717, 1.165) is 38.6 Å². The van der Waals surface area contributed by atoms with Gasteiger partial charge in [-0.25, -0.2) is 8.78 Å². The van der Waals surface area contributed by atoms with Gasteiger partial charge >= 0.3 is 0 Å². The molecular formula is C17H28F2N4O2S. The topological polar surface area (TPSA) is 74.4 Å². The van der Waals surface area contributed by atoms with Gasteiger partial charge in [0, 0.05) is 12.6 Å². The van der Waals surface area contributed by atoms with Gasteiger partial charge in [0.25, 0.3) is 6.43 Å². The molecule has 4 fully saturated rings. The smallest absolute Gasteiger partial charge is 0.279 e. The highest BCUT2D eigenvalue weighted by atomic mass is 32.2. The van der Waals surface area contributed by atoms with Crippen molar-refractivity contribution in [3.63, 3.8) is 0 Å². The predicted molar refractivity (Wildman–Crippen MR) is 95.3 cm³/mol. The summed E-state index contributed by atoms with van der Waals surface area (Å²) in [5.74, 6) is 1.53. The van der Waals surface area contributed by atoms with E-state index in [-0.39, 0.29) is 23.4 Å². The van der Waals surface area contributed by atoms with Gasteiger partial charge in [-0.1, -0.05) is 0 Å². The minimum Gasteiger partial charge on any atom is -0.352 e. The zero-order valence-electron chi connectivity index (χ0n) is 14.9. The molecule has 8 atom stereocenters. The van der Waals surface area contributed by atoms with E-state index >= 15 is 0 Å². The van der Waals surface area contributed by atoms with Crippen LogP contribution in [0.15, 0.2) is 0 Å². The second-order valence-electron chi connectivity index (χ2n) is 8.00. The van der Waals surface area contributed by atoms with E-state index in [1.54, 1.807) is 11.8 Å². The fourth-order valence-electron chi connectivity index (χ4n) is 5.07. The molecule has 1 amide bonds. The molecule has 0 aromatic carbocycles. The SMILES string of the molecule is CC1NCC(C(=O)N[C@@H]2CCC3CC(C4NOC(C(F)F)N4)CCC32)S1. The molecule has 26 heavy (non-hydrogen) atoms. The number of rotatable bonds is 4. The number of hydrogen-bond acceptors (Lipinski definition) is 6. The first-order valence-corrected chi connectivity index (χ1v) is 10.6. The summed E-state index contributed by atoms with van der Waals surface area (Å²) in [5, 5.41) is 9.80. The number of alkyl halides is 2. The van der Waals surface area contributed by atoms with Crippen LogP contribution in [0, 0.1) is 17.8 Å². The molecule has 2 heterocycles. The van der Waals surface area contributed by atoms with Crippen LogP contribution >= 0.6 is 11.8 Å². The highest BCUT2D eigenvalue weighted by Gasteiger charge is 2.45. The molecule has 4 N–H and O–H groups in total. The molecule has 2 aliphatic carbocycles. The first-order valence-electron chi connectivity index (χ1n) is 9.66. The van der Waals surface area contributed by atoms with E-state index in [1.165, 1.54) is 0 Å². The average Bonchev–Trinajstić information content (AvgIpc) is 3.34. The third-order valence-corrected chi connectivity index (χ3v) is 7.68. The van der Waals surface area contributed by atoms with Crippen LogP contribution < -0.4 is 21.4 Å². The van der Waals surface area contributed by atoms with Crippen LogP contribution in [0.5, 0.6) is 0 Å². The lowest BCUT2D eigenvalue weighted by Gasteiger charge is -2.36. The van der Waals surface area contributed by atoms with Crippen LogP contribution in [0.1, 0.15) is 39.0 Å². The van der Waals surface area contributed by atoms with Crippen LogP contribution in [0.4, 0.5) is 8.78 Å². The highest BCUT2D eigenvalue weighted by Crippen LogP contribution is 2.45. The molecule has 4 rings (SSSR count). The molecule has 4 aliphatic rings. The molecule has 2 saturated heterocycles. The number of carbonyl (C=O) groups excluding carboxylic acids is 1. The third kappa shape index (κ3) is 3.87. The molecule has 148 valence electrons. The van der Waals surface area contributed by atoms with Gasteiger partial charge in [0.2, 0.25) is 5.91 Å². The summed E-state index contributed by atoms with van der Waals surface area (Å²) in [4.78, 5) is 17.5. The van der Waals surface area contributed by atoms with Crippen molar-refractivity contribution in [3.05, 3.63) is 0 Å². The van der Waals surface area contributed by atoms with Crippen molar-refractivity contribution in [2.45, 2.75) is 74.5 Å². The summed E-state index contributed by atoms with van der Waals surface area (Å²) in [6.45, 7) is 2.82. The minimum atomic E-state index is -2.53. The van der Waals surface area contributed by atoms with Crippen LogP contribution in [-0.4, -0.2) is 47.9 Å². The maximum atomic E-state index is 12.7. The zero-order valence-corrected chi connectivity index (χ0v) is 15.7. The lowest BCUT2D eigenvalue weighted by atomic mass is 9.74. The summed E-state index contributed by atoms with van der Waals surface area (Å²) in [6, 6.07) is 0.263. The Kier molecular flexibility index (Phi) is 5.71. The molecular weight excluding hydrogens is 362 g/mol. The highest BCUT2D eigenvalue weighted by molar-refractivity contribution is 8.01. The van der Waals surface area contributed by atoms with Crippen molar-refractivity contribution >= 4 is 17.7 Å². The van der Waals surface area contributed by atoms with E-state index in [9.17, 15) is 13.6 Å². The van der Waals surface area contributed by atoms with Crippen LogP contribution in [-0.2, 0) is 9.63 Å². The number of hydroxylamine groups is 1. The average molecular weight is 391 g/mol. The maximum absolute atomic E-state index is 12.7. The fourth-order valence-corrected chi connectivity index (χ4v) is 6.14. The molecule has 0 aromatic rings. The molecule has 6 nitrogen and oxygen atoms in total. The fraction of sp³-hybridized carbons (Fsp3) is 0.941. The van der Waals surface area contributed by atoms with Crippen molar-refractivity contribution in [2.24, 2.45) is 17.8 Å². The van der Waals surface area contributed by atoms with Gasteiger partial charge in [-0.05, 0) is 56.8 Å². The zero-order chi connectivity index (χ0) is 18.3. The lowest BCUT2D eigenvalue weighted by Crippen LogP contribution is -2.47. The molecule has 0 spiro atoms.